The lowest BCUT2D eigenvalue weighted by Crippen LogP contribution is -1.88. The van der Waals surface area contributed by atoms with Gasteiger partial charge in [-0.05, 0) is 29.7 Å². The first-order valence-corrected chi connectivity index (χ1v) is 3.81. The Balaban J connectivity index is 3.12. The number of hydrogen-bond acceptors (Lipinski definition) is 2. The van der Waals surface area contributed by atoms with Gasteiger partial charge in [-0.3, -0.25) is 0 Å². The lowest BCUT2D eigenvalue weighted by molar-refractivity contribution is 0.415. The monoisotopic (exact) mass is 160 g/mol. The number of benzene rings is 1. The highest BCUT2D eigenvalue weighted by atomic mass is 16.3. The van der Waals surface area contributed by atoms with Crippen LogP contribution in [0.15, 0.2) is 18.2 Å². The molecule has 1 N–H and O–H groups in total. The average molecular weight is 160 g/mol. The Hall–Kier alpha value is -1.33. The van der Waals surface area contributed by atoms with Gasteiger partial charge in [-0.15, -0.1) is 0 Å². The summed E-state index contributed by atoms with van der Waals surface area (Å²) in [4.78, 5) is 0. The van der Waals surface area contributed by atoms with Crippen LogP contribution in [0.25, 0.3) is 0 Å². The molecule has 0 heterocycles. The van der Waals surface area contributed by atoms with Crippen molar-refractivity contribution in [1.29, 1.82) is 5.26 Å². The van der Waals surface area contributed by atoms with Crippen LogP contribution in [-0.4, -0.2) is 5.11 Å². The maximum Gasteiger partial charge on any atom is 0.109 e. The molecule has 12 heavy (non-hydrogen) atoms. The van der Waals surface area contributed by atoms with E-state index in [-0.39, 0.29) is 0 Å². The first-order valence-electron chi connectivity index (χ1n) is 3.81. The third-order valence-corrected chi connectivity index (χ3v) is 1.70. The molecule has 0 saturated carbocycles. The summed E-state index contributed by atoms with van der Waals surface area (Å²) in [6.45, 7) is 3.03. The molecule has 0 fully saturated rings. The summed E-state index contributed by atoms with van der Waals surface area (Å²) < 4.78 is 0. The van der Waals surface area contributed by atoms with Crippen LogP contribution in [0.4, 0.5) is 0 Å². The largest absolute Gasteiger partial charge is 0.385 e. The zero-order valence-corrected chi connectivity index (χ0v) is 6.91. The summed E-state index contributed by atoms with van der Waals surface area (Å²) in [7, 11) is 0. The molecule has 0 aliphatic heterocycles. The fourth-order valence-electron chi connectivity index (χ4n) is 1.06. The summed E-state index contributed by atoms with van der Waals surface area (Å²) >= 11 is 0. The van der Waals surface area contributed by atoms with E-state index in [1.54, 1.807) is 6.07 Å². The fourth-order valence-corrected chi connectivity index (χ4v) is 1.06. The molecule has 0 aliphatic carbocycles. The van der Waals surface area contributed by atoms with Crippen LogP contribution in [-0.2, 0) is 6.42 Å². The molecule has 1 radical (unpaired) electrons. The van der Waals surface area contributed by atoms with E-state index in [1.807, 2.05) is 25.1 Å². The molecule has 1 aromatic carbocycles. The minimum atomic E-state index is 0.592. The van der Waals surface area contributed by atoms with Crippen molar-refractivity contribution in [3.8, 4) is 6.07 Å². The molecule has 1 rings (SSSR count). The summed E-state index contributed by atoms with van der Waals surface area (Å²) in [5, 5.41) is 17.4. The van der Waals surface area contributed by atoms with Crippen molar-refractivity contribution in [3.63, 3.8) is 0 Å². The van der Waals surface area contributed by atoms with Gasteiger partial charge < -0.3 is 5.11 Å². The van der Waals surface area contributed by atoms with Crippen molar-refractivity contribution in [2.45, 2.75) is 13.3 Å². The van der Waals surface area contributed by atoms with E-state index in [2.05, 4.69) is 0 Å². The Bertz CT molecular complexity index is 290. The third-order valence-electron chi connectivity index (χ3n) is 1.70. The third kappa shape index (κ3) is 1.84. The molecule has 0 spiro atoms. The summed E-state index contributed by atoms with van der Waals surface area (Å²) in [5.74, 6) is 0. The summed E-state index contributed by atoms with van der Waals surface area (Å²) in [6.07, 6.45) is 0.871. The number of aliphatic hydroxyl groups is 1. The molecule has 0 amide bonds. The number of nitrogens with zero attached hydrogens (tertiary/aromatic N) is 1. The minimum absolute atomic E-state index is 0.592. The van der Waals surface area contributed by atoms with Gasteiger partial charge in [-0.1, -0.05) is 13.0 Å². The molecule has 61 valence electrons. The molecule has 2 heteroatoms. The molecule has 1 aromatic rings. The van der Waals surface area contributed by atoms with Gasteiger partial charge in [-0.2, -0.15) is 5.26 Å². The van der Waals surface area contributed by atoms with Gasteiger partial charge in [0.05, 0.1) is 11.6 Å². The fraction of sp³-hybridized carbons (Fsp3) is 0.200. The first-order chi connectivity index (χ1) is 5.80. The van der Waals surface area contributed by atoms with Gasteiger partial charge in [0.25, 0.3) is 0 Å². The SMILES string of the molecule is CCc1cc(C#N)cc([CH]O)c1. The predicted molar refractivity (Wildman–Crippen MR) is 45.9 cm³/mol. The van der Waals surface area contributed by atoms with Crippen molar-refractivity contribution in [2.75, 3.05) is 0 Å². The Kier molecular flexibility index (Phi) is 2.84. The number of aryl methyl sites for hydroxylation is 1. The van der Waals surface area contributed by atoms with E-state index in [1.165, 1.54) is 0 Å². The van der Waals surface area contributed by atoms with E-state index in [9.17, 15) is 0 Å². The first kappa shape index (κ1) is 8.76. The zero-order valence-electron chi connectivity index (χ0n) is 6.91. The molecular formula is C10H10NO. The van der Waals surface area contributed by atoms with Gasteiger partial charge in [0.2, 0.25) is 0 Å². The minimum Gasteiger partial charge on any atom is -0.385 e. The highest BCUT2D eigenvalue weighted by molar-refractivity contribution is 5.39. The smallest absolute Gasteiger partial charge is 0.109 e. The molecule has 0 bridgehead atoms. The normalized spacial score (nSPS) is 9.42. The standard InChI is InChI=1S/C10H10NO/c1-2-8-3-9(6-11)5-10(4-8)7-12/h3-5,7,12H,2H2,1H3. The van der Waals surface area contributed by atoms with Crippen molar-refractivity contribution >= 4 is 0 Å². The Morgan fingerprint density at radius 1 is 1.50 bits per heavy atom. The maximum atomic E-state index is 8.74. The molecule has 2 nitrogen and oxygen atoms in total. The van der Waals surface area contributed by atoms with Crippen molar-refractivity contribution in [3.05, 3.63) is 41.5 Å². The van der Waals surface area contributed by atoms with Gasteiger partial charge in [0.15, 0.2) is 0 Å². The van der Waals surface area contributed by atoms with Crippen molar-refractivity contribution < 1.29 is 5.11 Å². The molecule has 0 aliphatic rings. The van der Waals surface area contributed by atoms with Crippen LogP contribution in [0.1, 0.15) is 23.6 Å². The second-order valence-electron chi connectivity index (χ2n) is 2.56. The molecule has 0 atom stereocenters. The second-order valence-corrected chi connectivity index (χ2v) is 2.56. The van der Waals surface area contributed by atoms with Crippen LogP contribution >= 0.6 is 0 Å². The van der Waals surface area contributed by atoms with Crippen LogP contribution in [0.2, 0.25) is 0 Å². The quantitative estimate of drug-likeness (QED) is 0.719. The zero-order chi connectivity index (χ0) is 8.97. The van der Waals surface area contributed by atoms with E-state index >= 15 is 0 Å². The van der Waals surface area contributed by atoms with Crippen molar-refractivity contribution in [2.24, 2.45) is 0 Å². The lowest BCUT2D eigenvalue weighted by Gasteiger charge is -2.00. The highest BCUT2D eigenvalue weighted by Gasteiger charge is 1.98. The van der Waals surface area contributed by atoms with Crippen molar-refractivity contribution in [1.82, 2.24) is 0 Å². The van der Waals surface area contributed by atoms with Gasteiger partial charge in [0.1, 0.15) is 6.61 Å². The van der Waals surface area contributed by atoms with E-state index in [0.29, 0.717) is 11.1 Å². The van der Waals surface area contributed by atoms with E-state index in [0.717, 1.165) is 18.6 Å². The van der Waals surface area contributed by atoms with Crippen LogP contribution < -0.4 is 0 Å². The number of hydrogen-bond donors (Lipinski definition) is 1. The van der Waals surface area contributed by atoms with Gasteiger partial charge >= 0.3 is 0 Å². The Morgan fingerprint density at radius 2 is 2.25 bits per heavy atom. The maximum absolute atomic E-state index is 8.74. The Labute approximate surface area is 72.1 Å². The average Bonchev–Trinajstić information content (AvgIpc) is 2.16. The molecular weight excluding hydrogens is 150 g/mol. The number of rotatable bonds is 2. The molecule has 0 saturated heterocycles. The van der Waals surface area contributed by atoms with Crippen LogP contribution in [0, 0.1) is 17.9 Å². The van der Waals surface area contributed by atoms with Gasteiger partial charge in [-0.25, -0.2) is 0 Å². The molecule has 0 aromatic heterocycles. The lowest BCUT2D eigenvalue weighted by atomic mass is 10.1. The number of nitriles is 1. The number of aliphatic hydroxyl groups excluding tert-OH is 1. The van der Waals surface area contributed by atoms with Gasteiger partial charge in [0, 0.05) is 0 Å². The summed E-state index contributed by atoms with van der Waals surface area (Å²) in [6, 6.07) is 7.39. The summed E-state index contributed by atoms with van der Waals surface area (Å²) in [5.41, 5.74) is 2.34. The van der Waals surface area contributed by atoms with E-state index < -0.39 is 0 Å². The second kappa shape index (κ2) is 3.89. The molecule has 0 unspecified atom stereocenters. The topological polar surface area (TPSA) is 44.0 Å². The van der Waals surface area contributed by atoms with E-state index in [4.69, 9.17) is 10.4 Å². The predicted octanol–water partition coefficient (Wildman–Crippen LogP) is 2.00. The highest BCUT2D eigenvalue weighted by Crippen LogP contribution is 2.10. The van der Waals surface area contributed by atoms with Crippen LogP contribution in [0.5, 0.6) is 0 Å². The van der Waals surface area contributed by atoms with Crippen LogP contribution in [0.3, 0.4) is 0 Å². The Morgan fingerprint density at radius 3 is 2.75 bits per heavy atom.